The van der Waals surface area contributed by atoms with Gasteiger partial charge in [-0.2, -0.15) is 0 Å². The summed E-state index contributed by atoms with van der Waals surface area (Å²) in [6, 6.07) is 16.5. The van der Waals surface area contributed by atoms with Crippen LogP contribution in [-0.4, -0.2) is 15.9 Å². The lowest BCUT2D eigenvalue weighted by molar-refractivity contribution is 0.0937. The summed E-state index contributed by atoms with van der Waals surface area (Å²) in [5.74, 6) is 0.164. The minimum Gasteiger partial charge on any atom is -0.508 e. The Morgan fingerprint density at radius 2 is 1.74 bits per heavy atom. The number of hydrogen-bond donors (Lipinski definition) is 1. The van der Waals surface area contributed by atoms with Crippen LogP contribution in [0.3, 0.4) is 0 Å². The molecule has 3 rings (SSSR count). The summed E-state index contributed by atoms with van der Waals surface area (Å²) in [7, 11) is 0. The molecule has 0 saturated heterocycles. The molecule has 0 amide bonds. The van der Waals surface area contributed by atoms with Gasteiger partial charge in [0.25, 0.3) is 0 Å². The average Bonchev–Trinajstić information content (AvgIpc) is 2.56. The molecule has 1 aromatic heterocycles. The van der Waals surface area contributed by atoms with Gasteiger partial charge in [-0.25, -0.2) is 0 Å². The zero-order chi connectivity index (χ0) is 16.4. The summed E-state index contributed by atoms with van der Waals surface area (Å²) in [6.45, 7) is 4.06. The SMILES string of the molecule is CC(C)C(C(=O)c1cnc2ccccc2c1)c1ccc(O)cc1. The zero-order valence-electron chi connectivity index (χ0n) is 13.2. The summed E-state index contributed by atoms with van der Waals surface area (Å²) >= 11 is 0. The van der Waals surface area contributed by atoms with Gasteiger partial charge in [-0.1, -0.05) is 44.2 Å². The molecule has 23 heavy (non-hydrogen) atoms. The van der Waals surface area contributed by atoms with E-state index in [1.54, 1.807) is 18.3 Å². The van der Waals surface area contributed by atoms with E-state index in [0.717, 1.165) is 16.5 Å². The fourth-order valence-electron chi connectivity index (χ4n) is 2.91. The number of carbonyl (C=O) groups is 1. The van der Waals surface area contributed by atoms with Gasteiger partial charge in [0.15, 0.2) is 5.78 Å². The monoisotopic (exact) mass is 305 g/mol. The highest BCUT2D eigenvalue weighted by molar-refractivity contribution is 6.03. The molecule has 0 saturated carbocycles. The van der Waals surface area contributed by atoms with E-state index in [1.807, 2.05) is 56.3 Å². The van der Waals surface area contributed by atoms with E-state index < -0.39 is 0 Å². The topological polar surface area (TPSA) is 50.2 Å². The van der Waals surface area contributed by atoms with Crippen molar-refractivity contribution in [1.29, 1.82) is 0 Å². The van der Waals surface area contributed by atoms with Crippen LogP contribution in [0.25, 0.3) is 10.9 Å². The van der Waals surface area contributed by atoms with E-state index in [9.17, 15) is 9.90 Å². The van der Waals surface area contributed by atoms with Crippen molar-refractivity contribution in [2.24, 2.45) is 5.92 Å². The molecule has 116 valence electrons. The Bertz CT molecular complexity index is 838. The normalized spacial score (nSPS) is 12.5. The molecule has 0 aliphatic heterocycles. The van der Waals surface area contributed by atoms with Gasteiger partial charge in [0.2, 0.25) is 0 Å². The van der Waals surface area contributed by atoms with E-state index in [-0.39, 0.29) is 23.4 Å². The molecule has 0 aliphatic rings. The summed E-state index contributed by atoms with van der Waals surface area (Å²) in [4.78, 5) is 17.4. The third-order valence-corrected chi connectivity index (χ3v) is 4.08. The molecular weight excluding hydrogens is 286 g/mol. The predicted molar refractivity (Wildman–Crippen MR) is 91.8 cm³/mol. The van der Waals surface area contributed by atoms with E-state index in [1.165, 1.54) is 0 Å². The maximum absolute atomic E-state index is 13.0. The number of aromatic hydroxyl groups is 1. The third-order valence-electron chi connectivity index (χ3n) is 4.08. The molecule has 3 nitrogen and oxygen atoms in total. The van der Waals surface area contributed by atoms with E-state index >= 15 is 0 Å². The average molecular weight is 305 g/mol. The molecule has 0 spiro atoms. The second kappa shape index (κ2) is 6.21. The van der Waals surface area contributed by atoms with Crippen LogP contribution >= 0.6 is 0 Å². The molecule has 3 heteroatoms. The molecule has 2 aromatic carbocycles. The Balaban J connectivity index is 2.01. The molecule has 3 aromatic rings. The highest BCUT2D eigenvalue weighted by Crippen LogP contribution is 2.30. The Morgan fingerprint density at radius 1 is 1.04 bits per heavy atom. The number of rotatable bonds is 4. The highest BCUT2D eigenvalue weighted by atomic mass is 16.3. The molecule has 0 radical (unpaired) electrons. The molecule has 0 aliphatic carbocycles. The molecule has 1 unspecified atom stereocenters. The van der Waals surface area contributed by atoms with Gasteiger partial charge >= 0.3 is 0 Å². The molecular formula is C20H19NO2. The van der Waals surface area contributed by atoms with Gasteiger partial charge in [-0.3, -0.25) is 9.78 Å². The Hall–Kier alpha value is -2.68. The first-order valence-corrected chi connectivity index (χ1v) is 7.74. The van der Waals surface area contributed by atoms with E-state index in [0.29, 0.717) is 5.56 Å². The molecule has 1 heterocycles. The highest BCUT2D eigenvalue weighted by Gasteiger charge is 2.25. The number of carbonyl (C=O) groups excluding carboxylic acids is 1. The summed E-state index contributed by atoms with van der Waals surface area (Å²) < 4.78 is 0. The first-order valence-electron chi connectivity index (χ1n) is 7.74. The van der Waals surface area contributed by atoms with Crippen molar-refractivity contribution in [3.8, 4) is 5.75 Å². The van der Waals surface area contributed by atoms with Crippen molar-refractivity contribution < 1.29 is 9.90 Å². The maximum Gasteiger partial charge on any atom is 0.172 e. The van der Waals surface area contributed by atoms with Crippen LogP contribution in [-0.2, 0) is 0 Å². The second-order valence-electron chi connectivity index (χ2n) is 6.09. The zero-order valence-corrected chi connectivity index (χ0v) is 13.2. The number of Topliss-reactive ketones (excluding diaryl/α,β-unsaturated/α-hetero) is 1. The quantitative estimate of drug-likeness (QED) is 0.719. The van der Waals surface area contributed by atoms with Crippen LogP contribution in [0.4, 0.5) is 0 Å². The van der Waals surface area contributed by atoms with Crippen LogP contribution < -0.4 is 0 Å². The van der Waals surface area contributed by atoms with Crippen molar-refractivity contribution in [2.75, 3.05) is 0 Å². The van der Waals surface area contributed by atoms with Crippen molar-refractivity contribution in [3.05, 3.63) is 71.9 Å². The predicted octanol–water partition coefficient (Wildman–Crippen LogP) is 4.56. The molecule has 1 N–H and O–H groups in total. The maximum atomic E-state index is 13.0. The Labute approximate surface area is 135 Å². The number of phenolic OH excluding ortho intramolecular Hbond substituents is 1. The smallest absolute Gasteiger partial charge is 0.172 e. The van der Waals surface area contributed by atoms with Crippen LogP contribution in [0.2, 0.25) is 0 Å². The fourth-order valence-corrected chi connectivity index (χ4v) is 2.91. The van der Waals surface area contributed by atoms with Gasteiger partial charge < -0.3 is 5.11 Å². The molecule has 0 fully saturated rings. The van der Waals surface area contributed by atoms with Crippen LogP contribution in [0.1, 0.15) is 35.7 Å². The van der Waals surface area contributed by atoms with Gasteiger partial charge in [-0.05, 0) is 35.7 Å². The molecule has 1 atom stereocenters. The lowest BCUT2D eigenvalue weighted by atomic mass is 9.82. The largest absolute Gasteiger partial charge is 0.508 e. The number of phenols is 1. The van der Waals surface area contributed by atoms with E-state index in [4.69, 9.17) is 0 Å². The second-order valence-corrected chi connectivity index (χ2v) is 6.09. The third kappa shape index (κ3) is 3.09. The van der Waals surface area contributed by atoms with Crippen molar-refractivity contribution >= 4 is 16.7 Å². The van der Waals surface area contributed by atoms with Gasteiger partial charge in [0.05, 0.1) is 5.52 Å². The summed E-state index contributed by atoms with van der Waals surface area (Å²) in [5, 5.41) is 10.4. The first-order chi connectivity index (χ1) is 11.1. The van der Waals surface area contributed by atoms with Crippen LogP contribution in [0.5, 0.6) is 5.75 Å². The summed E-state index contributed by atoms with van der Waals surface area (Å²) in [5.41, 5.74) is 2.42. The molecule has 0 bridgehead atoms. The Morgan fingerprint density at radius 3 is 2.43 bits per heavy atom. The lowest BCUT2D eigenvalue weighted by Gasteiger charge is -2.20. The number of aromatic nitrogens is 1. The van der Waals surface area contributed by atoms with Crippen molar-refractivity contribution in [2.45, 2.75) is 19.8 Å². The number of benzene rings is 2. The van der Waals surface area contributed by atoms with Crippen molar-refractivity contribution in [3.63, 3.8) is 0 Å². The number of hydrogen-bond acceptors (Lipinski definition) is 3. The number of ketones is 1. The fraction of sp³-hybridized carbons (Fsp3) is 0.200. The lowest BCUT2D eigenvalue weighted by Crippen LogP contribution is -2.18. The minimum absolute atomic E-state index is 0.0592. The minimum atomic E-state index is -0.251. The van der Waals surface area contributed by atoms with Crippen LogP contribution in [0.15, 0.2) is 60.8 Å². The Kier molecular flexibility index (Phi) is 4.11. The van der Waals surface area contributed by atoms with Gasteiger partial charge in [-0.15, -0.1) is 0 Å². The summed E-state index contributed by atoms with van der Waals surface area (Å²) in [6.07, 6.45) is 1.65. The van der Waals surface area contributed by atoms with E-state index in [2.05, 4.69) is 4.98 Å². The van der Waals surface area contributed by atoms with Crippen molar-refractivity contribution in [1.82, 2.24) is 4.98 Å². The van der Waals surface area contributed by atoms with Gasteiger partial charge in [0.1, 0.15) is 5.75 Å². The number of fused-ring (bicyclic) bond motifs is 1. The number of nitrogens with zero attached hydrogens (tertiary/aromatic N) is 1. The first kappa shape index (κ1) is 15.2. The van der Waals surface area contributed by atoms with Gasteiger partial charge in [0, 0.05) is 23.1 Å². The number of pyridine rings is 1. The standard InChI is InChI=1S/C20H19NO2/c1-13(2)19(14-7-9-17(22)10-8-14)20(23)16-11-15-5-3-4-6-18(15)21-12-16/h3-13,19,22H,1-2H3. The van der Waals surface area contributed by atoms with Crippen LogP contribution in [0, 0.1) is 5.92 Å². The number of para-hydroxylation sites is 1.